The van der Waals surface area contributed by atoms with E-state index in [4.69, 9.17) is 17.1 Å². The van der Waals surface area contributed by atoms with Gasteiger partial charge in [0.05, 0.1) is 13.2 Å². The SMILES string of the molecule is CCN(CCO[Si](C)(C)O[Si](C)(C)O[Si](C)(C)OCc1cccnc1)c1cccc(C)c1. The Labute approximate surface area is 197 Å². The Hall–Kier alpha value is -1.34. The Morgan fingerprint density at radius 2 is 1.56 bits per heavy atom. The van der Waals surface area contributed by atoms with Crippen molar-refractivity contribution in [2.75, 3.05) is 24.6 Å². The van der Waals surface area contributed by atoms with Gasteiger partial charge in [0.25, 0.3) is 0 Å². The number of pyridine rings is 1. The Morgan fingerprint density at radius 1 is 0.875 bits per heavy atom. The van der Waals surface area contributed by atoms with Crippen molar-refractivity contribution in [3.8, 4) is 0 Å². The van der Waals surface area contributed by atoms with Gasteiger partial charge in [-0.15, -0.1) is 0 Å². The summed E-state index contributed by atoms with van der Waals surface area (Å²) >= 11 is 0. The normalized spacial score (nSPS) is 12.8. The van der Waals surface area contributed by atoms with Crippen molar-refractivity contribution in [1.82, 2.24) is 4.98 Å². The van der Waals surface area contributed by atoms with Crippen molar-refractivity contribution < 1.29 is 17.1 Å². The van der Waals surface area contributed by atoms with E-state index < -0.39 is 25.7 Å². The van der Waals surface area contributed by atoms with Crippen LogP contribution in [0.2, 0.25) is 39.3 Å². The summed E-state index contributed by atoms with van der Waals surface area (Å²) in [5.41, 5.74) is 3.54. The third-order valence-electron chi connectivity index (χ3n) is 4.85. The number of benzene rings is 1. The molecule has 0 aliphatic heterocycles. The zero-order valence-electron chi connectivity index (χ0n) is 21.0. The molecule has 0 unspecified atom stereocenters. The average molecular weight is 493 g/mol. The first kappa shape index (κ1) is 26.9. The maximum atomic E-state index is 6.51. The molecule has 0 saturated carbocycles. The van der Waals surface area contributed by atoms with Crippen molar-refractivity contribution in [3.05, 3.63) is 59.9 Å². The van der Waals surface area contributed by atoms with E-state index in [1.54, 1.807) is 6.20 Å². The number of hydrogen-bond donors (Lipinski definition) is 0. The van der Waals surface area contributed by atoms with Gasteiger partial charge in [0, 0.05) is 31.2 Å². The summed E-state index contributed by atoms with van der Waals surface area (Å²) in [5, 5.41) is 0. The molecular formula is C23H40N2O4Si3. The van der Waals surface area contributed by atoms with E-state index >= 15 is 0 Å². The van der Waals surface area contributed by atoms with Crippen molar-refractivity contribution in [1.29, 1.82) is 0 Å². The average Bonchev–Trinajstić information content (AvgIpc) is 2.69. The number of likely N-dealkylation sites (N-methyl/N-ethyl adjacent to an activating group) is 1. The topological polar surface area (TPSA) is 53.1 Å². The number of anilines is 1. The molecule has 1 heterocycles. The van der Waals surface area contributed by atoms with E-state index in [-0.39, 0.29) is 0 Å². The zero-order valence-corrected chi connectivity index (χ0v) is 24.0. The van der Waals surface area contributed by atoms with Crippen molar-refractivity contribution in [2.24, 2.45) is 0 Å². The van der Waals surface area contributed by atoms with Gasteiger partial charge in [-0.2, -0.15) is 0 Å². The molecule has 0 fully saturated rings. The molecule has 0 spiro atoms. The van der Waals surface area contributed by atoms with Gasteiger partial charge >= 0.3 is 25.7 Å². The predicted molar refractivity (Wildman–Crippen MR) is 139 cm³/mol. The highest BCUT2D eigenvalue weighted by Gasteiger charge is 2.41. The van der Waals surface area contributed by atoms with E-state index in [1.807, 2.05) is 18.3 Å². The molecular weight excluding hydrogens is 453 g/mol. The second-order valence-corrected chi connectivity index (χ2v) is 19.9. The zero-order chi connectivity index (χ0) is 23.8. The highest BCUT2D eigenvalue weighted by molar-refractivity contribution is 6.84. The van der Waals surface area contributed by atoms with Crippen LogP contribution in [-0.2, 0) is 23.7 Å². The van der Waals surface area contributed by atoms with Crippen molar-refractivity contribution >= 4 is 31.4 Å². The molecule has 0 aliphatic carbocycles. The van der Waals surface area contributed by atoms with Crippen LogP contribution in [0.3, 0.4) is 0 Å². The minimum absolute atomic E-state index is 0.501. The highest BCUT2D eigenvalue weighted by atomic mass is 28.5. The third kappa shape index (κ3) is 9.65. The van der Waals surface area contributed by atoms with Crippen molar-refractivity contribution in [2.45, 2.75) is 59.7 Å². The fourth-order valence-electron chi connectivity index (χ4n) is 3.70. The van der Waals surface area contributed by atoms with Gasteiger partial charge < -0.3 is 22.0 Å². The van der Waals surface area contributed by atoms with E-state index in [1.165, 1.54) is 11.3 Å². The molecule has 2 aromatic rings. The minimum atomic E-state index is -2.42. The van der Waals surface area contributed by atoms with E-state index in [9.17, 15) is 0 Å². The second-order valence-electron chi connectivity index (χ2n) is 9.32. The van der Waals surface area contributed by atoms with E-state index in [2.05, 4.69) is 87.3 Å². The van der Waals surface area contributed by atoms with Crippen LogP contribution in [0.25, 0.3) is 0 Å². The van der Waals surface area contributed by atoms with Crippen LogP contribution in [0.4, 0.5) is 5.69 Å². The lowest BCUT2D eigenvalue weighted by molar-refractivity contribution is 0.201. The van der Waals surface area contributed by atoms with E-state index in [0.29, 0.717) is 13.2 Å². The van der Waals surface area contributed by atoms with Crippen LogP contribution < -0.4 is 4.90 Å². The van der Waals surface area contributed by atoms with Crippen LogP contribution >= 0.6 is 0 Å². The monoisotopic (exact) mass is 492 g/mol. The molecule has 0 radical (unpaired) electrons. The van der Waals surface area contributed by atoms with Gasteiger partial charge in [0.1, 0.15) is 0 Å². The fourth-order valence-corrected chi connectivity index (χ4v) is 15.3. The lowest BCUT2D eigenvalue weighted by Crippen LogP contribution is -2.54. The first-order chi connectivity index (χ1) is 14.9. The standard InChI is InChI=1S/C23H40N2O4Si3/c1-9-25(23-14-10-12-21(2)18-23)16-17-26-30(3,4)28-32(7,8)29-31(5,6)27-20-22-13-11-15-24-19-22/h10-15,18-19H,9,16-17,20H2,1-8H3. The Bertz CT molecular complexity index is 835. The van der Waals surface area contributed by atoms with Crippen molar-refractivity contribution in [3.63, 3.8) is 0 Å². The summed E-state index contributed by atoms with van der Waals surface area (Å²) in [6.07, 6.45) is 3.59. The summed E-state index contributed by atoms with van der Waals surface area (Å²) in [6, 6.07) is 12.5. The lowest BCUT2D eigenvalue weighted by atomic mass is 10.2. The summed E-state index contributed by atoms with van der Waals surface area (Å²) in [4.78, 5) is 6.48. The molecule has 0 bridgehead atoms. The lowest BCUT2D eigenvalue weighted by Gasteiger charge is -2.37. The largest absolute Gasteiger partial charge is 0.415 e. The number of rotatable bonds is 13. The van der Waals surface area contributed by atoms with Gasteiger partial charge in [-0.25, -0.2) is 0 Å². The maximum Gasteiger partial charge on any atom is 0.323 e. The van der Waals surface area contributed by atoms with Gasteiger partial charge in [-0.05, 0) is 82.5 Å². The molecule has 2 rings (SSSR count). The second kappa shape index (κ2) is 11.7. The number of nitrogens with zero attached hydrogens (tertiary/aromatic N) is 2. The fraction of sp³-hybridized carbons (Fsp3) is 0.522. The van der Waals surface area contributed by atoms with Gasteiger partial charge in [-0.3, -0.25) is 4.98 Å². The van der Waals surface area contributed by atoms with Crippen LogP contribution in [0, 0.1) is 6.92 Å². The van der Waals surface area contributed by atoms with Crippen LogP contribution in [-0.4, -0.2) is 50.4 Å². The van der Waals surface area contributed by atoms with E-state index in [0.717, 1.165) is 18.7 Å². The molecule has 0 saturated heterocycles. The maximum absolute atomic E-state index is 6.51. The summed E-state index contributed by atoms with van der Waals surface area (Å²) in [6.45, 7) is 19.7. The van der Waals surface area contributed by atoms with Gasteiger partial charge in [0.2, 0.25) is 0 Å². The number of aryl methyl sites for hydroxylation is 1. The molecule has 1 aromatic carbocycles. The van der Waals surface area contributed by atoms with Gasteiger partial charge in [0.15, 0.2) is 0 Å². The molecule has 0 aliphatic rings. The molecule has 178 valence electrons. The number of hydrogen-bond acceptors (Lipinski definition) is 6. The first-order valence-electron chi connectivity index (χ1n) is 11.3. The Morgan fingerprint density at radius 3 is 2.16 bits per heavy atom. The molecule has 32 heavy (non-hydrogen) atoms. The minimum Gasteiger partial charge on any atom is -0.415 e. The molecule has 0 atom stereocenters. The quantitative estimate of drug-likeness (QED) is 0.340. The third-order valence-corrected chi connectivity index (χ3v) is 14.5. The van der Waals surface area contributed by atoms with Crippen LogP contribution in [0.1, 0.15) is 18.1 Å². The summed E-state index contributed by atoms with van der Waals surface area (Å²) < 4.78 is 25.4. The molecule has 0 N–H and O–H groups in total. The molecule has 6 nitrogen and oxygen atoms in total. The molecule has 0 amide bonds. The van der Waals surface area contributed by atoms with Crippen LogP contribution in [0.15, 0.2) is 48.8 Å². The summed E-state index contributed by atoms with van der Waals surface area (Å²) in [7, 11) is -7.13. The molecule has 9 heteroatoms. The van der Waals surface area contributed by atoms with Gasteiger partial charge in [-0.1, -0.05) is 18.2 Å². The highest BCUT2D eigenvalue weighted by Crippen LogP contribution is 2.23. The Balaban J connectivity index is 1.85. The molecule has 1 aromatic heterocycles. The Kier molecular flexibility index (Phi) is 9.83. The predicted octanol–water partition coefficient (Wildman–Crippen LogP) is 5.59. The van der Waals surface area contributed by atoms with Crippen LogP contribution in [0.5, 0.6) is 0 Å². The number of aromatic nitrogens is 1. The summed E-state index contributed by atoms with van der Waals surface area (Å²) in [5.74, 6) is 0. The smallest absolute Gasteiger partial charge is 0.323 e. The first-order valence-corrected chi connectivity index (χ1v) is 19.8.